The van der Waals surface area contributed by atoms with Crippen molar-refractivity contribution < 1.29 is 0 Å². The third-order valence-corrected chi connectivity index (χ3v) is 0.650. The van der Waals surface area contributed by atoms with Crippen LogP contribution >= 0.6 is 0 Å². The number of rotatable bonds is 0. The Morgan fingerprint density at radius 3 is 3.00 bits per heavy atom. The molecule has 0 bridgehead atoms. The zero-order valence-corrected chi connectivity index (χ0v) is 3.63. The SMILES string of the molecule is [C-]#[N+]C1=NC=NC1. The van der Waals surface area contributed by atoms with Crippen molar-refractivity contribution in [3.8, 4) is 0 Å². The largest absolute Gasteiger partial charge is 0.363 e. The van der Waals surface area contributed by atoms with Crippen LogP contribution in [0, 0.1) is 6.57 Å². The van der Waals surface area contributed by atoms with E-state index in [4.69, 9.17) is 6.57 Å². The predicted molar refractivity (Wildman–Crippen MR) is 27.4 cm³/mol. The summed E-state index contributed by atoms with van der Waals surface area (Å²) in [7, 11) is 0. The van der Waals surface area contributed by atoms with Crippen LogP contribution in [0.2, 0.25) is 0 Å². The smallest absolute Gasteiger partial charge is 0.269 e. The number of nitrogens with zero attached hydrogens (tertiary/aromatic N) is 3. The third kappa shape index (κ3) is 0.631. The number of amidine groups is 1. The summed E-state index contributed by atoms with van der Waals surface area (Å²) in [6.45, 7) is 6.89. The van der Waals surface area contributed by atoms with E-state index in [1.54, 1.807) is 0 Å². The van der Waals surface area contributed by atoms with E-state index in [1.165, 1.54) is 6.34 Å². The second kappa shape index (κ2) is 1.52. The van der Waals surface area contributed by atoms with E-state index in [1.807, 2.05) is 0 Å². The van der Waals surface area contributed by atoms with Gasteiger partial charge in [-0.2, -0.15) is 0 Å². The first-order valence-corrected chi connectivity index (χ1v) is 1.86. The monoisotopic (exact) mass is 93.0 g/mol. The van der Waals surface area contributed by atoms with Gasteiger partial charge < -0.3 is 4.85 Å². The molecular formula is C4H3N3. The Kier molecular flexibility index (Phi) is 0.868. The number of hydrogen-bond donors (Lipinski definition) is 0. The summed E-state index contributed by atoms with van der Waals surface area (Å²) in [6, 6.07) is 0. The molecule has 3 heteroatoms. The zero-order valence-electron chi connectivity index (χ0n) is 3.63. The normalized spacial score (nSPS) is 16.1. The summed E-state index contributed by atoms with van der Waals surface area (Å²) in [4.78, 5) is 10.4. The molecule has 0 N–H and O–H groups in total. The zero-order chi connectivity index (χ0) is 5.11. The molecule has 0 saturated heterocycles. The van der Waals surface area contributed by atoms with Gasteiger partial charge in [0.2, 0.25) is 6.34 Å². The molecule has 0 aliphatic carbocycles. The molecule has 0 amide bonds. The van der Waals surface area contributed by atoms with Crippen LogP contribution in [-0.2, 0) is 0 Å². The second-order valence-corrected chi connectivity index (χ2v) is 1.11. The highest BCUT2D eigenvalue weighted by Crippen LogP contribution is 1.87. The fraction of sp³-hybridized carbons (Fsp3) is 0.250. The van der Waals surface area contributed by atoms with Crippen molar-refractivity contribution in [3.63, 3.8) is 0 Å². The summed E-state index contributed by atoms with van der Waals surface area (Å²) in [5.41, 5.74) is 0. The molecule has 34 valence electrons. The van der Waals surface area contributed by atoms with Gasteiger partial charge in [0, 0.05) is 0 Å². The van der Waals surface area contributed by atoms with E-state index in [9.17, 15) is 0 Å². The first-order chi connectivity index (χ1) is 3.43. The van der Waals surface area contributed by atoms with E-state index < -0.39 is 0 Å². The topological polar surface area (TPSA) is 29.1 Å². The summed E-state index contributed by atoms with van der Waals surface area (Å²) >= 11 is 0. The molecule has 1 aliphatic rings. The molecule has 1 rings (SSSR count). The molecule has 0 unspecified atom stereocenters. The number of hydrogen-bond acceptors (Lipinski definition) is 2. The Morgan fingerprint density at radius 1 is 1.86 bits per heavy atom. The van der Waals surface area contributed by atoms with E-state index in [2.05, 4.69) is 14.8 Å². The minimum Gasteiger partial charge on any atom is -0.363 e. The van der Waals surface area contributed by atoms with Crippen molar-refractivity contribution in [2.24, 2.45) is 9.98 Å². The van der Waals surface area contributed by atoms with Crippen LogP contribution in [-0.4, -0.2) is 18.7 Å². The van der Waals surface area contributed by atoms with Crippen LogP contribution in [0.4, 0.5) is 0 Å². The molecule has 3 nitrogen and oxygen atoms in total. The fourth-order valence-electron chi connectivity index (χ4n) is 0.335. The van der Waals surface area contributed by atoms with Crippen LogP contribution in [0.5, 0.6) is 0 Å². The first kappa shape index (κ1) is 4.00. The van der Waals surface area contributed by atoms with Gasteiger partial charge in [0.25, 0.3) is 5.84 Å². The van der Waals surface area contributed by atoms with Gasteiger partial charge in [-0.25, -0.2) is 0 Å². The quantitative estimate of drug-likeness (QED) is 0.387. The lowest BCUT2D eigenvalue weighted by molar-refractivity contribution is 1.36. The Labute approximate surface area is 41.2 Å². The summed E-state index contributed by atoms with van der Waals surface area (Å²) in [6.07, 6.45) is 1.41. The summed E-state index contributed by atoms with van der Waals surface area (Å²) in [5, 5.41) is 0. The molecule has 0 saturated carbocycles. The van der Waals surface area contributed by atoms with Crippen molar-refractivity contribution in [1.82, 2.24) is 0 Å². The average Bonchev–Trinajstić information content (AvgIpc) is 2.14. The maximum Gasteiger partial charge on any atom is 0.269 e. The van der Waals surface area contributed by atoms with Crippen LogP contribution < -0.4 is 0 Å². The van der Waals surface area contributed by atoms with Crippen molar-refractivity contribution in [2.75, 3.05) is 6.54 Å². The Morgan fingerprint density at radius 2 is 2.71 bits per heavy atom. The molecule has 0 fully saturated rings. The van der Waals surface area contributed by atoms with Gasteiger partial charge in [-0.15, -0.1) is 4.99 Å². The molecule has 0 radical (unpaired) electrons. The van der Waals surface area contributed by atoms with Crippen LogP contribution in [0.25, 0.3) is 4.85 Å². The maximum absolute atomic E-state index is 6.41. The van der Waals surface area contributed by atoms with E-state index in [0.717, 1.165) is 0 Å². The van der Waals surface area contributed by atoms with Gasteiger partial charge in [0.15, 0.2) is 0 Å². The van der Waals surface area contributed by atoms with Crippen molar-refractivity contribution in [3.05, 3.63) is 11.4 Å². The molecule has 0 aromatic carbocycles. The highest BCUT2D eigenvalue weighted by molar-refractivity contribution is 6.01. The van der Waals surface area contributed by atoms with Crippen molar-refractivity contribution >= 4 is 12.2 Å². The van der Waals surface area contributed by atoms with E-state index in [0.29, 0.717) is 12.4 Å². The van der Waals surface area contributed by atoms with E-state index in [-0.39, 0.29) is 0 Å². The molecular weight excluding hydrogens is 90.1 g/mol. The first-order valence-electron chi connectivity index (χ1n) is 1.86. The summed E-state index contributed by atoms with van der Waals surface area (Å²) in [5.74, 6) is 0.486. The van der Waals surface area contributed by atoms with Gasteiger partial charge in [-0.3, -0.25) is 4.99 Å². The van der Waals surface area contributed by atoms with Gasteiger partial charge >= 0.3 is 0 Å². The fourth-order valence-corrected chi connectivity index (χ4v) is 0.335. The van der Waals surface area contributed by atoms with Crippen LogP contribution in [0.3, 0.4) is 0 Å². The molecule has 1 aliphatic heterocycles. The average molecular weight is 93.1 g/mol. The van der Waals surface area contributed by atoms with E-state index >= 15 is 0 Å². The third-order valence-electron chi connectivity index (χ3n) is 0.650. The van der Waals surface area contributed by atoms with Crippen molar-refractivity contribution in [2.45, 2.75) is 0 Å². The predicted octanol–water partition coefficient (Wildman–Crippen LogP) is 0.346. The molecule has 0 spiro atoms. The molecule has 1 heterocycles. The van der Waals surface area contributed by atoms with Gasteiger partial charge in [-0.05, 0) is 0 Å². The second-order valence-electron chi connectivity index (χ2n) is 1.11. The van der Waals surface area contributed by atoms with Crippen molar-refractivity contribution in [1.29, 1.82) is 0 Å². The minimum absolute atomic E-state index is 0.476. The minimum atomic E-state index is 0.476. The van der Waals surface area contributed by atoms with Crippen LogP contribution in [0.1, 0.15) is 0 Å². The lowest BCUT2D eigenvalue weighted by Crippen LogP contribution is -1.87. The number of aliphatic imine (C=N–C) groups is 2. The Balaban J connectivity index is 2.67. The molecule has 0 atom stereocenters. The van der Waals surface area contributed by atoms with Gasteiger partial charge in [0.05, 0.1) is 6.54 Å². The Hall–Kier alpha value is -1.17. The molecule has 0 aromatic rings. The Bertz CT molecular complexity index is 160. The summed E-state index contributed by atoms with van der Waals surface area (Å²) < 4.78 is 0. The standard InChI is InChI=1S/C4H3N3/c1-5-4-2-6-3-7-4/h3H,2H2. The van der Waals surface area contributed by atoms with Gasteiger partial charge in [0.1, 0.15) is 0 Å². The lowest BCUT2D eigenvalue weighted by Gasteiger charge is -1.74. The highest BCUT2D eigenvalue weighted by Gasteiger charge is 1.98. The highest BCUT2D eigenvalue weighted by atomic mass is 15.0. The molecule has 0 aromatic heterocycles. The molecule has 7 heavy (non-hydrogen) atoms. The lowest BCUT2D eigenvalue weighted by atomic mass is 10.6. The van der Waals surface area contributed by atoms with Gasteiger partial charge in [-0.1, -0.05) is 6.57 Å². The maximum atomic E-state index is 6.41. The van der Waals surface area contributed by atoms with Crippen LogP contribution in [0.15, 0.2) is 9.98 Å².